The minimum atomic E-state index is -4.50. The first-order valence-electron chi connectivity index (χ1n) is 12.5. The number of carbonyl (C=O) groups is 1. The summed E-state index contributed by atoms with van der Waals surface area (Å²) in [5, 5.41) is 0. The minimum Gasteiger partial charge on any atom is -0.496 e. The number of nitrogens with zero attached hydrogens (tertiary/aromatic N) is 2. The van der Waals surface area contributed by atoms with Crippen molar-refractivity contribution in [3.63, 3.8) is 0 Å². The summed E-state index contributed by atoms with van der Waals surface area (Å²) in [6.07, 6.45) is -5.64. The third-order valence-electron chi connectivity index (χ3n) is 6.85. The molecule has 0 radical (unpaired) electrons. The van der Waals surface area contributed by atoms with E-state index < -0.39 is 23.9 Å². The SMILES string of the molecule is COc1cc(F)c(C(C)C)cc1-c1ccc(I)nc1CN1C(=O)OC(c2cc(C)cc(C(F)(F)F)c2)C[C@@H]1C. The molecule has 39 heavy (non-hydrogen) atoms. The fourth-order valence-electron chi connectivity index (χ4n) is 4.84. The third kappa shape index (κ3) is 6.31. The van der Waals surface area contributed by atoms with Crippen LogP contribution >= 0.6 is 22.6 Å². The van der Waals surface area contributed by atoms with Gasteiger partial charge in [0.05, 0.1) is 24.9 Å². The third-order valence-corrected chi connectivity index (χ3v) is 7.46. The number of cyclic esters (lactones) is 1. The lowest BCUT2D eigenvalue weighted by molar-refractivity contribution is -0.137. The summed E-state index contributed by atoms with van der Waals surface area (Å²) < 4.78 is 66.6. The Morgan fingerprint density at radius 2 is 1.87 bits per heavy atom. The summed E-state index contributed by atoms with van der Waals surface area (Å²) >= 11 is 2.08. The van der Waals surface area contributed by atoms with Gasteiger partial charge in [0.2, 0.25) is 0 Å². The standard InChI is InChI=1S/C29H29F4IN2O3/c1-15(2)21-12-22(26(38-5)13-23(21)30)20-6-7-27(34)35-24(20)14-36-17(4)10-25(39-28(36)37)18-8-16(3)9-19(11-18)29(31,32)33/h6-9,11-13,15,17,25H,10,14H2,1-5H3/t17-,25?/m0/s1. The van der Waals surface area contributed by atoms with Gasteiger partial charge in [0, 0.05) is 29.7 Å². The Kier molecular flexibility index (Phi) is 8.44. The van der Waals surface area contributed by atoms with Gasteiger partial charge in [0.15, 0.2) is 0 Å². The highest BCUT2D eigenvalue weighted by atomic mass is 127. The first-order valence-corrected chi connectivity index (χ1v) is 13.6. The van der Waals surface area contributed by atoms with Crippen LogP contribution in [0.1, 0.15) is 67.2 Å². The summed E-state index contributed by atoms with van der Waals surface area (Å²) in [6, 6.07) is 10.2. The van der Waals surface area contributed by atoms with Crippen LogP contribution in [-0.2, 0) is 17.5 Å². The number of halogens is 5. The molecule has 2 heterocycles. The van der Waals surface area contributed by atoms with E-state index in [-0.39, 0.29) is 24.3 Å². The Labute approximate surface area is 238 Å². The van der Waals surface area contributed by atoms with Gasteiger partial charge in [-0.2, -0.15) is 13.2 Å². The molecule has 3 aromatic rings. The molecule has 5 nitrogen and oxygen atoms in total. The van der Waals surface area contributed by atoms with Crippen molar-refractivity contribution in [2.45, 2.75) is 64.9 Å². The zero-order valence-corrected chi connectivity index (χ0v) is 24.4. The van der Waals surface area contributed by atoms with Crippen molar-refractivity contribution < 1.29 is 31.8 Å². The molecule has 1 aliphatic heterocycles. The van der Waals surface area contributed by atoms with E-state index in [0.717, 1.165) is 12.1 Å². The second kappa shape index (κ2) is 11.3. The van der Waals surface area contributed by atoms with Crippen molar-refractivity contribution in [1.29, 1.82) is 0 Å². The van der Waals surface area contributed by atoms with Crippen molar-refractivity contribution in [2.24, 2.45) is 0 Å². The number of amides is 1. The van der Waals surface area contributed by atoms with Gasteiger partial charge in [-0.1, -0.05) is 25.5 Å². The molecule has 1 amide bonds. The molecule has 1 aliphatic rings. The highest BCUT2D eigenvalue weighted by Crippen LogP contribution is 2.39. The number of hydrogen-bond donors (Lipinski definition) is 0. The largest absolute Gasteiger partial charge is 0.496 e. The van der Waals surface area contributed by atoms with Gasteiger partial charge in [0.1, 0.15) is 21.4 Å². The molecule has 1 fully saturated rings. The Bertz CT molecular complexity index is 1390. The predicted molar refractivity (Wildman–Crippen MR) is 148 cm³/mol. The lowest BCUT2D eigenvalue weighted by Gasteiger charge is -2.37. The van der Waals surface area contributed by atoms with Crippen LogP contribution in [0.3, 0.4) is 0 Å². The van der Waals surface area contributed by atoms with Crippen LogP contribution in [0.2, 0.25) is 0 Å². The maximum absolute atomic E-state index is 14.7. The monoisotopic (exact) mass is 656 g/mol. The lowest BCUT2D eigenvalue weighted by Crippen LogP contribution is -2.44. The van der Waals surface area contributed by atoms with Crippen LogP contribution in [0.5, 0.6) is 5.75 Å². The molecule has 0 N–H and O–H groups in total. The highest BCUT2D eigenvalue weighted by Gasteiger charge is 2.37. The maximum atomic E-state index is 14.7. The zero-order chi connectivity index (χ0) is 28.6. The Hall–Kier alpha value is -2.89. The minimum absolute atomic E-state index is 0.0663. The quantitative estimate of drug-likeness (QED) is 0.152. The first kappa shape index (κ1) is 29.1. The summed E-state index contributed by atoms with van der Waals surface area (Å²) in [5.41, 5.74) is 2.41. The molecule has 0 bridgehead atoms. The second-order valence-corrected chi connectivity index (χ2v) is 11.2. The van der Waals surface area contributed by atoms with E-state index in [1.165, 1.54) is 18.1 Å². The number of ether oxygens (including phenoxy) is 2. The van der Waals surface area contributed by atoms with E-state index in [4.69, 9.17) is 9.47 Å². The van der Waals surface area contributed by atoms with Crippen LogP contribution < -0.4 is 4.74 Å². The molecule has 1 saturated heterocycles. The van der Waals surface area contributed by atoms with E-state index in [2.05, 4.69) is 27.6 Å². The number of pyridine rings is 1. The van der Waals surface area contributed by atoms with E-state index in [0.29, 0.717) is 49.4 Å². The highest BCUT2D eigenvalue weighted by molar-refractivity contribution is 14.1. The Balaban J connectivity index is 1.66. The molecule has 0 saturated carbocycles. The lowest BCUT2D eigenvalue weighted by atomic mass is 9.94. The van der Waals surface area contributed by atoms with Gasteiger partial charge in [-0.15, -0.1) is 0 Å². The number of methoxy groups -OCH3 is 1. The van der Waals surface area contributed by atoms with Gasteiger partial charge in [-0.05, 0) is 83.8 Å². The predicted octanol–water partition coefficient (Wildman–Crippen LogP) is 8.42. The van der Waals surface area contributed by atoms with Gasteiger partial charge in [-0.25, -0.2) is 14.2 Å². The molecule has 208 valence electrons. The molecule has 0 spiro atoms. The Morgan fingerprint density at radius 1 is 1.15 bits per heavy atom. The van der Waals surface area contributed by atoms with Crippen molar-refractivity contribution >= 4 is 28.7 Å². The van der Waals surface area contributed by atoms with Crippen LogP contribution in [0.25, 0.3) is 11.1 Å². The molecule has 10 heteroatoms. The maximum Gasteiger partial charge on any atom is 0.416 e. The molecule has 1 unspecified atom stereocenters. The van der Waals surface area contributed by atoms with Crippen LogP contribution in [0.4, 0.5) is 22.4 Å². The van der Waals surface area contributed by atoms with Gasteiger partial charge < -0.3 is 9.47 Å². The topological polar surface area (TPSA) is 51.7 Å². The van der Waals surface area contributed by atoms with Crippen LogP contribution in [0, 0.1) is 16.4 Å². The molecular formula is C29H29F4IN2O3. The van der Waals surface area contributed by atoms with Crippen molar-refractivity contribution in [3.05, 3.63) is 79.9 Å². The summed E-state index contributed by atoms with van der Waals surface area (Å²) in [5.74, 6) is -0.0893. The molecule has 2 aromatic carbocycles. The first-order chi connectivity index (χ1) is 18.3. The van der Waals surface area contributed by atoms with Crippen molar-refractivity contribution in [2.75, 3.05) is 7.11 Å². The van der Waals surface area contributed by atoms with Crippen molar-refractivity contribution in [1.82, 2.24) is 9.88 Å². The summed E-state index contributed by atoms with van der Waals surface area (Å²) in [7, 11) is 1.47. The van der Waals surface area contributed by atoms with Crippen LogP contribution in [0.15, 0.2) is 42.5 Å². The van der Waals surface area contributed by atoms with Crippen molar-refractivity contribution in [3.8, 4) is 16.9 Å². The molecule has 4 rings (SSSR count). The van der Waals surface area contributed by atoms with Gasteiger partial charge >= 0.3 is 12.3 Å². The van der Waals surface area contributed by atoms with Gasteiger partial charge in [0.25, 0.3) is 0 Å². The molecule has 0 aliphatic carbocycles. The second-order valence-electron chi connectivity index (χ2n) is 10.1. The number of aromatic nitrogens is 1. The fraction of sp³-hybridized carbons (Fsp3) is 0.379. The van der Waals surface area contributed by atoms with Crippen LogP contribution in [-0.4, -0.2) is 29.1 Å². The smallest absolute Gasteiger partial charge is 0.416 e. The number of rotatable bonds is 6. The Morgan fingerprint density at radius 3 is 2.49 bits per heavy atom. The summed E-state index contributed by atoms with van der Waals surface area (Å²) in [6.45, 7) is 7.30. The fourth-order valence-corrected chi connectivity index (χ4v) is 5.31. The average molecular weight is 656 g/mol. The van der Waals surface area contributed by atoms with E-state index in [1.807, 2.05) is 32.9 Å². The molecular weight excluding hydrogens is 627 g/mol. The van der Waals surface area contributed by atoms with E-state index in [9.17, 15) is 22.4 Å². The molecule has 2 atom stereocenters. The number of aryl methyl sites for hydroxylation is 1. The average Bonchev–Trinajstić information content (AvgIpc) is 2.85. The number of benzene rings is 2. The van der Waals surface area contributed by atoms with E-state index in [1.54, 1.807) is 19.1 Å². The summed E-state index contributed by atoms with van der Waals surface area (Å²) in [4.78, 5) is 19.4. The zero-order valence-electron chi connectivity index (χ0n) is 22.2. The van der Waals surface area contributed by atoms with E-state index >= 15 is 0 Å². The number of carbonyl (C=O) groups excluding carboxylic acids is 1. The van der Waals surface area contributed by atoms with Gasteiger partial charge in [-0.3, -0.25) is 4.90 Å². The molecule has 1 aromatic heterocycles. The number of hydrogen-bond acceptors (Lipinski definition) is 4. The number of alkyl halides is 3. The normalized spacial score (nSPS) is 17.9.